The van der Waals surface area contributed by atoms with Crippen molar-refractivity contribution in [3.63, 3.8) is 0 Å². The largest absolute Gasteiger partial charge is 0.490 e. The highest BCUT2D eigenvalue weighted by molar-refractivity contribution is 5.46. The van der Waals surface area contributed by atoms with Crippen LogP contribution in [0.4, 0.5) is 0 Å². The average molecular weight is 224 g/mol. The molecule has 0 saturated heterocycles. The van der Waals surface area contributed by atoms with Crippen LogP contribution in [0.15, 0.2) is 18.2 Å². The van der Waals surface area contributed by atoms with Crippen LogP contribution in [0.1, 0.15) is 33.3 Å². The molecule has 90 valence electrons. The number of hydrogen-bond acceptors (Lipinski definition) is 3. The van der Waals surface area contributed by atoms with E-state index in [-0.39, 0.29) is 12.2 Å². The van der Waals surface area contributed by atoms with Crippen molar-refractivity contribution in [2.24, 2.45) is 0 Å². The Hall–Kier alpha value is -1.22. The molecule has 0 atom stereocenters. The highest BCUT2D eigenvalue weighted by Gasteiger charge is 2.17. The smallest absolute Gasteiger partial charge is 0.166 e. The number of aliphatic hydroxyl groups is 1. The Kier molecular flexibility index (Phi) is 4.19. The summed E-state index contributed by atoms with van der Waals surface area (Å²) >= 11 is 0. The molecule has 0 aliphatic heterocycles. The van der Waals surface area contributed by atoms with Gasteiger partial charge >= 0.3 is 0 Å². The Morgan fingerprint density at radius 2 is 1.94 bits per heavy atom. The second-order valence-corrected chi connectivity index (χ2v) is 4.55. The lowest BCUT2D eigenvalue weighted by Crippen LogP contribution is -2.23. The molecule has 1 rings (SSSR count). The van der Waals surface area contributed by atoms with Crippen LogP contribution in [-0.2, 0) is 6.61 Å². The summed E-state index contributed by atoms with van der Waals surface area (Å²) in [4.78, 5) is 0. The van der Waals surface area contributed by atoms with Gasteiger partial charge in [-0.2, -0.15) is 0 Å². The fraction of sp³-hybridized carbons (Fsp3) is 0.538. The molecule has 0 saturated carbocycles. The molecule has 3 heteroatoms. The van der Waals surface area contributed by atoms with Gasteiger partial charge in [0, 0.05) is 5.56 Å². The zero-order valence-electron chi connectivity index (χ0n) is 10.4. The normalized spacial score (nSPS) is 11.3. The monoisotopic (exact) mass is 224 g/mol. The first kappa shape index (κ1) is 12.8. The van der Waals surface area contributed by atoms with E-state index in [1.165, 1.54) is 0 Å². The molecule has 0 aromatic heterocycles. The first-order valence-corrected chi connectivity index (χ1v) is 5.52. The van der Waals surface area contributed by atoms with Crippen molar-refractivity contribution >= 4 is 0 Å². The summed E-state index contributed by atoms with van der Waals surface area (Å²) in [5.74, 6) is 1.32. The third kappa shape index (κ3) is 3.42. The van der Waals surface area contributed by atoms with Gasteiger partial charge < -0.3 is 14.6 Å². The highest BCUT2D eigenvalue weighted by atomic mass is 16.5. The summed E-state index contributed by atoms with van der Waals surface area (Å²) in [6.45, 7) is 8.36. The molecule has 0 radical (unpaired) electrons. The van der Waals surface area contributed by atoms with Crippen LogP contribution in [-0.4, -0.2) is 17.3 Å². The molecule has 0 bridgehead atoms. The Labute approximate surface area is 97.0 Å². The maximum Gasteiger partial charge on any atom is 0.166 e. The first-order valence-electron chi connectivity index (χ1n) is 5.52. The third-order valence-corrected chi connectivity index (χ3v) is 1.94. The van der Waals surface area contributed by atoms with Crippen molar-refractivity contribution in [2.45, 2.75) is 39.9 Å². The molecular formula is C13H20O3. The predicted octanol–water partition coefficient (Wildman–Crippen LogP) is 2.75. The molecule has 0 unspecified atom stereocenters. The summed E-state index contributed by atoms with van der Waals surface area (Å²) < 4.78 is 11.3. The molecule has 0 amide bonds. The summed E-state index contributed by atoms with van der Waals surface area (Å²) in [5, 5.41) is 9.23. The van der Waals surface area contributed by atoms with E-state index in [9.17, 15) is 5.11 Å². The van der Waals surface area contributed by atoms with Crippen molar-refractivity contribution in [1.82, 2.24) is 0 Å². The Morgan fingerprint density at radius 3 is 2.44 bits per heavy atom. The highest BCUT2D eigenvalue weighted by Crippen LogP contribution is 2.33. The van der Waals surface area contributed by atoms with Gasteiger partial charge in [0.05, 0.1) is 13.2 Å². The van der Waals surface area contributed by atoms with Gasteiger partial charge in [0.2, 0.25) is 0 Å². The fourth-order valence-electron chi connectivity index (χ4n) is 1.40. The minimum Gasteiger partial charge on any atom is -0.490 e. The summed E-state index contributed by atoms with van der Waals surface area (Å²) in [5.41, 5.74) is 0.475. The molecule has 0 heterocycles. The zero-order valence-corrected chi connectivity index (χ0v) is 10.4. The average Bonchev–Trinajstić information content (AvgIpc) is 2.18. The van der Waals surface area contributed by atoms with Crippen LogP contribution in [0.3, 0.4) is 0 Å². The number of aliphatic hydroxyl groups excluding tert-OH is 1. The number of hydrogen-bond donors (Lipinski definition) is 1. The van der Waals surface area contributed by atoms with Crippen molar-refractivity contribution in [3.8, 4) is 11.5 Å². The van der Waals surface area contributed by atoms with Gasteiger partial charge in [0.15, 0.2) is 11.5 Å². The molecule has 1 aromatic carbocycles. The van der Waals surface area contributed by atoms with Gasteiger partial charge in [0.25, 0.3) is 0 Å². The number of rotatable bonds is 4. The Bertz CT molecular complexity index is 340. The van der Waals surface area contributed by atoms with Crippen LogP contribution in [0.2, 0.25) is 0 Å². The standard InChI is InChI=1S/C13H20O3/c1-5-15-12-10(9-14)7-6-8-11(12)16-13(2,3)4/h6-8,14H,5,9H2,1-4H3. The lowest BCUT2D eigenvalue weighted by molar-refractivity contribution is 0.123. The quantitative estimate of drug-likeness (QED) is 0.854. The van der Waals surface area contributed by atoms with E-state index in [1.54, 1.807) is 0 Å². The molecule has 3 nitrogen and oxygen atoms in total. The van der Waals surface area contributed by atoms with Crippen molar-refractivity contribution < 1.29 is 14.6 Å². The lowest BCUT2D eigenvalue weighted by atomic mass is 10.1. The van der Waals surface area contributed by atoms with Crippen LogP contribution in [0, 0.1) is 0 Å². The molecule has 16 heavy (non-hydrogen) atoms. The number of para-hydroxylation sites is 1. The summed E-state index contributed by atoms with van der Waals surface area (Å²) in [6, 6.07) is 5.55. The predicted molar refractivity (Wildman–Crippen MR) is 63.9 cm³/mol. The van der Waals surface area contributed by atoms with Crippen LogP contribution in [0.25, 0.3) is 0 Å². The van der Waals surface area contributed by atoms with E-state index in [4.69, 9.17) is 9.47 Å². The van der Waals surface area contributed by atoms with Gasteiger partial charge in [-0.3, -0.25) is 0 Å². The summed E-state index contributed by atoms with van der Waals surface area (Å²) in [6.07, 6.45) is 0. The van der Waals surface area contributed by atoms with Gasteiger partial charge in [0.1, 0.15) is 5.60 Å². The van der Waals surface area contributed by atoms with Gasteiger partial charge in [-0.05, 0) is 33.8 Å². The minimum atomic E-state index is -0.278. The summed E-state index contributed by atoms with van der Waals surface area (Å²) in [7, 11) is 0. The van der Waals surface area contributed by atoms with Crippen LogP contribution in [0.5, 0.6) is 11.5 Å². The van der Waals surface area contributed by atoms with Crippen molar-refractivity contribution in [1.29, 1.82) is 0 Å². The van der Waals surface area contributed by atoms with E-state index < -0.39 is 0 Å². The zero-order chi connectivity index (χ0) is 12.2. The Balaban J connectivity index is 3.06. The van der Waals surface area contributed by atoms with Gasteiger partial charge in [-0.25, -0.2) is 0 Å². The van der Waals surface area contributed by atoms with Gasteiger partial charge in [-0.1, -0.05) is 12.1 Å². The minimum absolute atomic E-state index is 0.0450. The second kappa shape index (κ2) is 5.21. The lowest BCUT2D eigenvalue weighted by Gasteiger charge is -2.24. The molecular weight excluding hydrogens is 204 g/mol. The number of ether oxygens (including phenoxy) is 2. The molecule has 0 aliphatic rings. The molecule has 0 spiro atoms. The van der Waals surface area contributed by atoms with Crippen molar-refractivity contribution in [2.75, 3.05) is 6.61 Å². The van der Waals surface area contributed by atoms with Gasteiger partial charge in [-0.15, -0.1) is 0 Å². The van der Waals surface area contributed by atoms with Crippen LogP contribution >= 0.6 is 0 Å². The van der Waals surface area contributed by atoms with E-state index in [0.717, 1.165) is 5.56 Å². The van der Waals surface area contributed by atoms with E-state index >= 15 is 0 Å². The third-order valence-electron chi connectivity index (χ3n) is 1.94. The topological polar surface area (TPSA) is 38.7 Å². The molecule has 1 aromatic rings. The number of benzene rings is 1. The van der Waals surface area contributed by atoms with E-state index in [2.05, 4.69) is 0 Å². The van der Waals surface area contributed by atoms with Crippen LogP contribution < -0.4 is 9.47 Å². The molecule has 0 fully saturated rings. The maximum absolute atomic E-state index is 9.23. The Morgan fingerprint density at radius 1 is 1.25 bits per heavy atom. The fourth-order valence-corrected chi connectivity index (χ4v) is 1.40. The first-order chi connectivity index (χ1) is 7.48. The maximum atomic E-state index is 9.23. The second-order valence-electron chi connectivity index (χ2n) is 4.55. The molecule has 1 N–H and O–H groups in total. The molecule has 0 aliphatic carbocycles. The SMILES string of the molecule is CCOc1c(CO)cccc1OC(C)(C)C. The van der Waals surface area contributed by atoms with Crippen molar-refractivity contribution in [3.05, 3.63) is 23.8 Å². The van der Waals surface area contributed by atoms with E-state index in [1.807, 2.05) is 45.9 Å². The van der Waals surface area contributed by atoms with E-state index in [0.29, 0.717) is 18.1 Å².